The van der Waals surface area contributed by atoms with Gasteiger partial charge in [0.2, 0.25) is 0 Å². The van der Waals surface area contributed by atoms with Crippen LogP contribution in [-0.2, 0) is 4.79 Å². The van der Waals surface area contributed by atoms with E-state index in [-0.39, 0.29) is 5.91 Å². The molecule has 78 valence electrons. The van der Waals surface area contributed by atoms with E-state index >= 15 is 0 Å². The van der Waals surface area contributed by atoms with Crippen LogP contribution in [0.3, 0.4) is 0 Å². The third kappa shape index (κ3) is 1.69. The molecule has 0 atom stereocenters. The minimum atomic E-state index is 0.00625. The van der Waals surface area contributed by atoms with Crippen molar-refractivity contribution < 1.29 is 4.79 Å². The molecule has 0 aromatic carbocycles. The topological polar surface area (TPSA) is 58.4 Å². The third-order valence-electron chi connectivity index (χ3n) is 2.96. The summed E-state index contributed by atoms with van der Waals surface area (Å²) in [4.78, 5) is 13.3. The number of carbonyl (C=O) groups is 1. The fourth-order valence-electron chi connectivity index (χ4n) is 1.96. The Labute approximate surface area is 84.1 Å². The highest BCUT2D eigenvalue weighted by Gasteiger charge is 2.25. The molecule has 4 nitrogen and oxygen atoms in total. The molecule has 2 heterocycles. The predicted molar refractivity (Wildman–Crippen MR) is 54.3 cm³/mol. The van der Waals surface area contributed by atoms with Gasteiger partial charge in [0.1, 0.15) is 5.82 Å². The largest absolute Gasteiger partial charge is 0.385 e. The summed E-state index contributed by atoms with van der Waals surface area (Å²) in [6, 6.07) is 0. The van der Waals surface area contributed by atoms with Crippen molar-refractivity contribution in [3.8, 4) is 0 Å². The van der Waals surface area contributed by atoms with Gasteiger partial charge in [-0.2, -0.15) is 0 Å². The standard InChI is InChI=1S/C10H17N3O/c11-9(8-7-12-10(8)14)13-5-3-1-2-4-6-13/h1-7,11H2,(H,12,14). The van der Waals surface area contributed by atoms with Gasteiger partial charge in [0, 0.05) is 13.1 Å². The number of rotatable bonds is 1. The molecule has 0 aromatic rings. The SMILES string of the molecule is NC(=C1CNC1=O)N1CCCCCC1. The van der Waals surface area contributed by atoms with Crippen molar-refractivity contribution in [3.63, 3.8) is 0 Å². The first kappa shape index (κ1) is 9.37. The third-order valence-corrected chi connectivity index (χ3v) is 2.96. The monoisotopic (exact) mass is 195 g/mol. The molecular formula is C10H17N3O. The molecule has 1 amide bonds. The van der Waals surface area contributed by atoms with Crippen molar-refractivity contribution in [2.75, 3.05) is 19.6 Å². The van der Waals surface area contributed by atoms with E-state index in [4.69, 9.17) is 5.73 Å². The van der Waals surface area contributed by atoms with Gasteiger partial charge in [-0.1, -0.05) is 12.8 Å². The molecule has 0 spiro atoms. The number of likely N-dealkylation sites (tertiary alicyclic amines) is 1. The Balaban J connectivity index is 2.05. The van der Waals surface area contributed by atoms with E-state index in [1.165, 1.54) is 25.7 Å². The Morgan fingerprint density at radius 3 is 2.29 bits per heavy atom. The molecule has 0 aromatic heterocycles. The summed E-state index contributed by atoms with van der Waals surface area (Å²) in [5.41, 5.74) is 6.73. The second-order valence-corrected chi connectivity index (χ2v) is 3.95. The average Bonchev–Trinajstić information content (AvgIpc) is 2.43. The van der Waals surface area contributed by atoms with Crippen molar-refractivity contribution in [1.29, 1.82) is 0 Å². The highest BCUT2D eigenvalue weighted by Crippen LogP contribution is 2.16. The Morgan fingerprint density at radius 2 is 1.86 bits per heavy atom. The predicted octanol–water partition coefficient (Wildman–Crippen LogP) is 0.162. The molecule has 0 radical (unpaired) electrons. The van der Waals surface area contributed by atoms with Gasteiger partial charge in [0.25, 0.3) is 5.91 Å². The normalized spacial score (nSPS) is 26.3. The smallest absolute Gasteiger partial charge is 0.252 e. The van der Waals surface area contributed by atoms with Crippen LogP contribution >= 0.6 is 0 Å². The van der Waals surface area contributed by atoms with Gasteiger partial charge in [-0.15, -0.1) is 0 Å². The van der Waals surface area contributed by atoms with Gasteiger partial charge < -0.3 is 16.0 Å². The quantitative estimate of drug-likeness (QED) is 0.463. The summed E-state index contributed by atoms with van der Waals surface area (Å²) in [6.45, 7) is 2.65. The molecule has 2 saturated heterocycles. The molecule has 2 rings (SSSR count). The van der Waals surface area contributed by atoms with Crippen LogP contribution in [0.2, 0.25) is 0 Å². The molecule has 0 unspecified atom stereocenters. The van der Waals surface area contributed by atoms with Crippen molar-refractivity contribution in [2.24, 2.45) is 5.73 Å². The molecule has 2 aliphatic rings. The Bertz CT molecular complexity index is 265. The lowest BCUT2D eigenvalue weighted by molar-refractivity contribution is -0.120. The summed E-state index contributed by atoms with van der Waals surface area (Å²) in [6.07, 6.45) is 4.95. The van der Waals surface area contributed by atoms with Crippen LogP contribution in [0.5, 0.6) is 0 Å². The van der Waals surface area contributed by atoms with Crippen molar-refractivity contribution >= 4 is 5.91 Å². The van der Waals surface area contributed by atoms with E-state index < -0.39 is 0 Å². The molecule has 0 aliphatic carbocycles. The van der Waals surface area contributed by atoms with Crippen LogP contribution < -0.4 is 11.1 Å². The number of β-lactam (4-membered cyclic amide) rings is 1. The Kier molecular flexibility index (Phi) is 2.61. The van der Waals surface area contributed by atoms with E-state index in [1.54, 1.807) is 0 Å². The first-order chi connectivity index (χ1) is 6.79. The van der Waals surface area contributed by atoms with Crippen LogP contribution in [0.4, 0.5) is 0 Å². The van der Waals surface area contributed by atoms with Gasteiger partial charge in [-0.25, -0.2) is 0 Å². The lowest BCUT2D eigenvalue weighted by Gasteiger charge is -2.28. The van der Waals surface area contributed by atoms with Gasteiger partial charge >= 0.3 is 0 Å². The van der Waals surface area contributed by atoms with Gasteiger partial charge in [-0.3, -0.25) is 4.79 Å². The molecule has 0 saturated carbocycles. The van der Waals surface area contributed by atoms with Crippen molar-refractivity contribution in [1.82, 2.24) is 10.2 Å². The zero-order valence-electron chi connectivity index (χ0n) is 8.38. The zero-order chi connectivity index (χ0) is 9.97. The Hall–Kier alpha value is -1.19. The maximum Gasteiger partial charge on any atom is 0.252 e. The summed E-state index contributed by atoms with van der Waals surface area (Å²) in [5, 5.41) is 2.69. The second-order valence-electron chi connectivity index (χ2n) is 3.95. The zero-order valence-corrected chi connectivity index (χ0v) is 8.38. The fraction of sp³-hybridized carbons (Fsp3) is 0.700. The summed E-state index contributed by atoms with van der Waals surface area (Å²) in [7, 11) is 0. The van der Waals surface area contributed by atoms with Gasteiger partial charge in [0.15, 0.2) is 0 Å². The number of amides is 1. The van der Waals surface area contributed by atoms with Crippen LogP contribution in [0.1, 0.15) is 25.7 Å². The van der Waals surface area contributed by atoms with Crippen LogP contribution in [-0.4, -0.2) is 30.4 Å². The molecule has 2 fully saturated rings. The first-order valence-corrected chi connectivity index (χ1v) is 5.31. The molecule has 3 N–H and O–H groups in total. The summed E-state index contributed by atoms with van der Waals surface area (Å²) in [5.74, 6) is 0.711. The van der Waals surface area contributed by atoms with E-state index in [0.717, 1.165) is 18.7 Å². The number of carbonyl (C=O) groups excluding carboxylic acids is 1. The molecular weight excluding hydrogens is 178 g/mol. The summed E-state index contributed by atoms with van der Waals surface area (Å²) < 4.78 is 0. The highest BCUT2D eigenvalue weighted by molar-refractivity contribution is 6.00. The first-order valence-electron chi connectivity index (χ1n) is 5.31. The maximum atomic E-state index is 11.1. The molecule has 2 aliphatic heterocycles. The van der Waals surface area contributed by atoms with Crippen LogP contribution in [0, 0.1) is 0 Å². The number of hydrogen-bond acceptors (Lipinski definition) is 3. The minimum absolute atomic E-state index is 0.00625. The number of nitrogens with two attached hydrogens (primary N) is 1. The number of nitrogens with zero attached hydrogens (tertiary/aromatic N) is 1. The Morgan fingerprint density at radius 1 is 1.21 bits per heavy atom. The van der Waals surface area contributed by atoms with Gasteiger partial charge in [-0.05, 0) is 12.8 Å². The fourth-order valence-corrected chi connectivity index (χ4v) is 1.96. The lowest BCUT2D eigenvalue weighted by atomic mass is 10.1. The van der Waals surface area contributed by atoms with E-state index in [9.17, 15) is 4.79 Å². The van der Waals surface area contributed by atoms with E-state index in [1.807, 2.05) is 0 Å². The van der Waals surface area contributed by atoms with Crippen LogP contribution in [0.15, 0.2) is 11.4 Å². The van der Waals surface area contributed by atoms with Crippen molar-refractivity contribution in [3.05, 3.63) is 11.4 Å². The van der Waals surface area contributed by atoms with E-state index in [2.05, 4.69) is 10.2 Å². The van der Waals surface area contributed by atoms with Gasteiger partial charge in [0.05, 0.1) is 12.1 Å². The molecule has 0 bridgehead atoms. The number of nitrogens with one attached hydrogen (secondary N) is 1. The molecule has 14 heavy (non-hydrogen) atoms. The highest BCUT2D eigenvalue weighted by atomic mass is 16.2. The van der Waals surface area contributed by atoms with E-state index in [0.29, 0.717) is 12.4 Å². The second kappa shape index (κ2) is 3.90. The van der Waals surface area contributed by atoms with Crippen LogP contribution in [0.25, 0.3) is 0 Å². The average molecular weight is 195 g/mol. The summed E-state index contributed by atoms with van der Waals surface area (Å²) >= 11 is 0. The van der Waals surface area contributed by atoms with Crippen molar-refractivity contribution in [2.45, 2.75) is 25.7 Å². The number of hydrogen-bond donors (Lipinski definition) is 2. The minimum Gasteiger partial charge on any atom is -0.385 e. The maximum absolute atomic E-state index is 11.1. The molecule has 4 heteroatoms. The lowest BCUT2D eigenvalue weighted by Crippen LogP contribution is -2.46.